The lowest BCUT2D eigenvalue weighted by molar-refractivity contribution is -0.137. The van der Waals surface area contributed by atoms with E-state index in [0.717, 1.165) is 23.9 Å². The standard InChI is InChI=1S/C29H25F3N6O3S/c1-19-6-2-3-9-23(19)36-11-13-37(14-12-36)27(39)22-17-41-25(33-22)18-42-28-35-34-26(24-10-5-15-40-24)38(28)21-8-4-7-20(16-21)29(30,31)32/h2-10,15-17H,11-14,18H2,1H3. The molecule has 42 heavy (non-hydrogen) atoms. The average molecular weight is 595 g/mol. The Morgan fingerprint density at radius 2 is 1.79 bits per heavy atom. The summed E-state index contributed by atoms with van der Waals surface area (Å²) in [6.45, 7) is 4.60. The molecule has 216 valence electrons. The molecule has 0 unspecified atom stereocenters. The fraction of sp³-hybridized carbons (Fsp3) is 0.241. The zero-order valence-electron chi connectivity index (χ0n) is 22.4. The van der Waals surface area contributed by atoms with Gasteiger partial charge >= 0.3 is 6.18 Å². The number of amides is 1. The van der Waals surface area contributed by atoms with E-state index in [1.54, 1.807) is 17.0 Å². The summed E-state index contributed by atoms with van der Waals surface area (Å²) < 4.78 is 52.9. The summed E-state index contributed by atoms with van der Waals surface area (Å²) in [5.41, 5.74) is 1.97. The van der Waals surface area contributed by atoms with Crippen LogP contribution in [-0.2, 0) is 11.9 Å². The van der Waals surface area contributed by atoms with Crippen LogP contribution in [0.2, 0.25) is 0 Å². The number of thioether (sulfide) groups is 1. The highest BCUT2D eigenvalue weighted by atomic mass is 32.2. The molecule has 0 aliphatic carbocycles. The lowest BCUT2D eigenvalue weighted by Gasteiger charge is -2.36. The van der Waals surface area contributed by atoms with Crippen LogP contribution in [-0.4, -0.2) is 56.7 Å². The monoisotopic (exact) mass is 594 g/mol. The third-order valence-corrected chi connectivity index (χ3v) is 7.84. The largest absolute Gasteiger partial charge is 0.461 e. The molecule has 4 heterocycles. The van der Waals surface area contributed by atoms with E-state index >= 15 is 0 Å². The molecule has 0 saturated carbocycles. The van der Waals surface area contributed by atoms with Gasteiger partial charge in [-0.15, -0.1) is 10.2 Å². The van der Waals surface area contributed by atoms with Crippen LogP contribution >= 0.6 is 11.8 Å². The number of nitrogens with zero attached hydrogens (tertiary/aromatic N) is 6. The first-order chi connectivity index (χ1) is 20.3. The fourth-order valence-electron chi connectivity index (χ4n) is 4.82. The molecule has 1 saturated heterocycles. The number of rotatable bonds is 7. The highest BCUT2D eigenvalue weighted by molar-refractivity contribution is 7.98. The smallest absolute Gasteiger partial charge is 0.416 e. The third kappa shape index (κ3) is 5.64. The summed E-state index contributed by atoms with van der Waals surface area (Å²) in [5.74, 6) is 0.823. The maximum absolute atomic E-state index is 13.5. The van der Waals surface area contributed by atoms with Gasteiger partial charge < -0.3 is 18.6 Å². The zero-order valence-corrected chi connectivity index (χ0v) is 23.2. The molecule has 1 aliphatic rings. The van der Waals surface area contributed by atoms with Crippen molar-refractivity contribution in [2.75, 3.05) is 31.1 Å². The van der Waals surface area contributed by atoms with Crippen molar-refractivity contribution in [2.45, 2.75) is 24.0 Å². The van der Waals surface area contributed by atoms with E-state index in [0.29, 0.717) is 37.1 Å². The Hall–Kier alpha value is -4.52. The number of halogens is 3. The Morgan fingerprint density at radius 3 is 2.52 bits per heavy atom. The molecule has 13 heteroatoms. The van der Waals surface area contributed by atoms with Crippen molar-refractivity contribution in [3.05, 3.63) is 95.9 Å². The van der Waals surface area contributed by atoms with Crippen LogP contribution in [0.3, 0.4) is 0 Å². The van der Waals surface area contributed by atoms with Crippen molar-refractivity contribution in [3.8, 4) is 17.3 Å². The number of anilines is 1. The van der Waals surface area contributed by atoms with Gasteiger partial charge in [0.2, 0.25) is 11.7 Å². The third-order valence-electron chi connectivity index (χ3n) is 6.93. The van der Waals surface area contributed by atoms with Gasteiger partial charge in [-0.1, -0.05) is 36.0 Å². The second kappa shape index (κ2) is 11.4. The molecule has 6 rings (SSSR count). The maximum Gasteiger partial charge on any atom is 0.416 e. The summed E-state index contributed by atoms with van der Waals surface area (Å²) in [7, 11) is 0. The van der Waals surface area contributed by atoms with Crippen molar-refractivity contribution >= 4 is 23.4 Å². The van der Waals surface area contributed by atoms with Crippen molar-refractivity contribution in [2.24, 2.45) is 0 Å². The molecule has 0 radical (unpaired) electrons. The highest BCUT2D eigenvalue weighted by Crippen LogP contribution is 2.34. The number of hydrogen-bond donors (Lipinski definition) is 0. The number of oxazole rings is 1. The van der Waals surface area contributed by atoms with Gasteiger partial charge in [0.05, 0.1) is 23.3 Å². The molecule has 2 aromatic carbocycles. The minimum atomic E-state index is -4.52. The summed E-state index contributed by atoms with van der Waals surface area (Å²) >= 11 is 1.16. The van der Waals surface area contributed by atoms with Crippen LogP contribution < -0.4 is 4.90 Å². The number of piperazine rings is 1. The molecule has 1 fully saturated rings. The average Bonchev–Trinajstić information content (AvgIpc) is 3.77. The van der Waals surface area contributed by atoms with Gasteiger partial charge in [-0.05, 0) is 48.9 Å². The van der Waals surface area contributed by atoms with E-state index in [1.807, 2.05) is 12.1 Å². The van der Waals surface area contributed by atoms with E-state index in [-0.39, 0.29) is 34.8 Å². The molecule has 5 aromatic rings. The van der Waals surface area contributed by atoms with Gasteiger partial charge in [-0.2, -0.15) is 13.2 Å². The van der Waals surface area contributed by atoms with E-state index < -0.39 is 11.7 Å². The first-order valence-corrected chi connectivity index (χ1v) is 14.1. The van der Waals surface area contributed by atoms with Gasteiger partial charge in [-0.3, -0.25) is 9.36 Å². The van der Waals surface area contributed by atoms with E-state index in [2.05, 4.69) is 39.1 Å². The highest BCUT2D eigenvalue weighted by Gasteiger charge is 2.31. The number of furan rings is 1. The zero-order chi connectivity index (χ0) is 29.3. The Balaban J connectivity index is 1.16. The van der Waals surface area contributed by atoms with Crippen LogP contribution in [0.15, 0.2) is 87.2 Å². The topological polar surface area (TPSA) is 93.4 Å². The van der Waals surface area contributed by atoms with Crippen LogP contribution in [0.1, 0.15) is 27.5 Å². The summed E-state index contributed by atoms with van der Waals surface area (Å²) in [6, 6.07) is 16.4. The second-order valence-electron chi connectivity index (χ2n) is 9.65. The van der Waals surface area contributed by atoms with Gasteiger partial charge in [0, 0.05) is 31.9 Å². The van der Waals surface area contributed by atoms with Gasteiger partial charge in [0.25, 0.3) is 5.91 Å². The predicted molar refractivity (Wildman–Crippen MR) is 149 cm³/mol. The molecular weight excluding hydrogens is 569 g/mol. The molecule has 0 N–H and O–H groups in total. The van der Waals surface area contributed by atoms with Gasteiger partial charge in [0.15, 0.2) is 16.6 Å². The fourth-order valence-corrected chi connectivity index (χ4v) is 5.62. The normalized spacial score (nSPS) is 14.0. The van der Waals surface area contributed by atoms with Crippen molar-refractivity contribution in [3.63, 3.8) is 0 Å². The molecule has 0 atom stereocenters. The summed E-state index contributed by atoms with van der Waals surface area (Å²) in [6.07, 6.45) is -1.74. The van der Waals surface area contributed by atoms with Gasteiger partial charge in [0.1, 0.15) is 6.26 Å². The van der Waals surface area contributed by atoms with Gasteiger partial charge in [-0.25, -0.2) is 4.98 Å². The second-order valence-corrected chi connectivity index (χ2v) is 10.6. The van der Waals surface area contributed by atoms with E-state index in [9.17, 15) is 18.0 Å². The number of hydrogen-bond acceptors (Lipinski definition) is 8. The maximum atomic E-state index is 13.5. The lowest BCUT2D eigenvalue weighted by atomic mass is 10.1. The van der Waals surface area contributed by atoms with Crippen LogP contribution in [0.25, 0.3) is 17.3 Å². The summed E-state index contributed by atoms with van der Waals surface area (Å²) in [5, 5.41) is 8.67. The first kappa shape index (κ1) is 27.6. The number of aryl methyl sites for hydroxylation is 1. The number of benzene rings is 2. The molecule has 3 aromatic heterocycles. The number of alkyl halides is 3. The molecular formula is C29H25F3N6O3S. The van der Waals surface area contributed by atoms with Crippen LogP contribution in [0, 0.1) is 6.92 Å². The minimum Gasteiger partial charge on any atom is -0.461 e. The molecule has 1 amide bonds. The quantitative estimate of drug-likeness (QED) is 0.209. The molecule has 9 nitrogen and oxygen atoms in total. The Bertz CT molecular complexity index is 1690. The number of carbonyl (C=O) groups excluding carboxylic acids is 1. The number of carbonyl (C=O) groups is 1. The molecule has 0 spiro atoms. The first-order valence-electron chi connectivity index (χ1n) is 13.1. The number of aromatic nitrogens is 4. The lowest BCUT2D eigenvalue weighted by Crippen LogP contribution is -2.49. The Kier molecular flexibility index (Phi) is 7.50. The molecule has 0 bridgehead atoms. The van der Waals surface area contributed by atoms with Crippen molar-refractivity contribution < 1.29 is 26.8 Å². The SMILES string of the molecule is Cc1ccccc1N1CCN(C(=O)c2coc(CSc3nnc(-c4ccco4)n3-c3cccc(C(F)(F)F)c3)n2)CC1. The molecule has 1 aliphatic heterocycles. The predicted octanol–water partition coefficient (Wildman–Crippen LogP) is 6.10. The van der Waals surface area contributed by atoms with E-state index in [4.69, 9.17) is 8.83 Å². The Labute approximate surface area is 243 Å². The van der Waals surface area contributed by atoms with Crippen molar-refractivity contribution in [1.29, 1.82) is 0 Å². The minimum absolute atomic E-state index is 0.170. The Morgan fingerprint density at radius 1 is 0.976 bits per heavy atom. The van der Waals surface area contributed by atoms with Crippen LogP contribution in [0.5, 0.6) is 0 Å². The van der Waals surface area contributed by atoms with E-state index in [1.165, 1.54) is 40.5 Å². The van der Waals surface area contributed by atoms with Crippen LogP contribution in [0.4, 0.5) is 18.9 Å². The van der Waals surface area contributed by atoms with Crippen molar-refractivity contribution in [1.82, 2.24) is 24.6 Å². The summed E-state index contributed by atoms with van der Waals surface area (Å²) in [4.78, 5) is 21.5. The number of para-hydroxylation sites is 1.